The molecule has 0 saturated carbocycles. The monoisotopic (exact) mass is 392 g/mol. The van der Waals surface area contributed by atoms with Crippen molar-refractivity contribution < 1.29 is 17.3 Å². The van der Waals surface area contributed by atoms with Gasteiger partial charge in [0.15, 0.2) is 0 Å². The summed E-state index contributed by atoms with van der Waals surface area (Å²) in [6.45, 7) is 8.89. The van der Waals surface area contributed by atoms with E-state index in [1.807, 2.05) is 31.2 Å². The Morgan fingerprint density at radius 1 is 0.962 bits per heavy atom. The van der Waals surface area contributed by atoms with Crippen molar-refractivity contribution >= 4 is 18.2 Å². The van der Waals surface area contributed by atoms with E-state index in [2.05, 4.69) is 19.6 Å². The number of hydrogen-bond donors (Lipinski definition) is 0. The third kappa shape index (κ3) is 5.97. The first-order chi connectivity index (χ1) is 12.1. The van der Waals surface area contributed by atoms with Gasteiger partial charge in [-0.3, -0.25) is 4.18 Å². The molecule has 0 spiro atoms. The molecule has 0 aromatic heterocycles. The summed E-state index contributed by atoms with van der Waals surface area (Å²) in [6.07, 6.45) is 0. The zero-order valence-corrected chi connectivity index (χ0v) is 18.0. The van der Waals surface area contributed by atoms with Crippen molar-refractivity contribution in [1.29, 1.82) is 0 Å². The lowest BCUT2D eigenvalue weighted by Gasteiger charge is -2.25. The van der Waals surface area contributed by atoms with E-state index < -0.39 is 18.2 Å². The van der Waals surface area contributed by atoms with Crippen LogP contribution in [0.4, 0.5) is 0 Å². The molecule has 2 aromatic rings. The smallest absolute Gasteiger partial charge is 0.296 e. The van der Waals surface area contributed by atoms with E-state index >= 15 is 0 Å². The zero-order valence-electron chi connectivity index (χ0n) is 16.2. The average molecular weight is 393 g/mol. The minimum atomic E-state index is -3.76. The van der Waals surface area contributed by atoms with Gasteiger partial charge in [0.1, 0.15) is 5.75 Å². The lowest BCUT2D eigenvalue weighted by Crippen LogP contribution is -2.26. The molecule has 0 heterocycles. The Morgan fingerprint density at radius 2 is 1.54 bits per heavy atom. The fraction of sp³-hybridized carbons (Fsp3) is 0.400. The van der Waals surface area contributed by atoms with Gasteiger partial charge in [0, 0.05) is 14.0 Å². The summed E-state index contributed by atoms with van der Waals surface area (Å²) in [5.74, 6) is 0.821. The van der Waals surface area contributed by atoms with Gasteiger partial charge < -0.3 is 4.74 Å². The minimum absolute atomic E-state index is 0.0350. The molecule has 26 heavy (non-hydrogen) atoms. The lowest BCUT2D eigenvalue weighted by molar-refractivity contribution is 0.297. The van der Waals surface area contributed by atoms with E-state index in [1.165, 1.54) is 0 Å². The molecule has 0 bridgehead atoms. The van der Waals surface area contributed by atoms with E-state index in [9.17, 15) is 8.42 Å². The Bertz CT molecular complexity index is 806. The molecule has 0 saturated heterocycles. The second-order valence-electron chi connectivity index (χ2n) is 7.79. The molecule has 6 heteroatoms. The zero-order chi connectivity index (χ0) is 19.4. The highest BCUT2D eigenvalue weighted by Crippen LogP contribution is 2.29. The molecular formula is C20H28O4SSi. The van der Waals surface area contributed by atoms with Crippen molar-refractivity contribution in [2.75, 3.05) is 13.7 Å². The first-order valence-electron chi connectivity index (χ1n) is 8.71. The van der Waals surface area contributed by atoms with Crippen LogP contribution >= 0.6 is 0 Å². The molecule has 0 radical (unpaired) electrons. The molecule has 4 nitrogen and oxygen atoms in total. The maximum absolute atomic E-state index is 12.5. The number of ether oxygens (including phenoxy) is 1. The molecule has 0 aliphatic heterocycles. The number of aryl methyl sites for hydroxylation is 1. The summed E-state index contributed by atoms with van der Waals surface area (Å²) >= 11 is 0. The van der Waals surface area contributed by atoms with Crippen LogP contribution in [0.2, 0.25) is 25.7 Å². The first kappa shape index (κ1) is 20.7. The van der Waals surface area contributed by atoms with Crippen molar-refractivity contribution in [2.45, 2.75) is 43.4 Å². The molecule has 1 unspecified atom stereocenters. The standard InChI is InChI=1S/C20H28O4SSi/c1-16-6-12-20(13-7-16)25(21,22)24-14-18(15-26(3,4)5)17-8-10-19(23-2)11-9-17/h6-13,18H,14-15H2,1-5H3. The Kier molecular flexibility index (Phi) is 6.66. The highest BCUT2D eigenvalue weighted by Gasteiger charge is 2.25. The minimum Gasteiger partial charge on any atom is -0.497 e. The molecule has 0 aliphatic rings. The van der Waals surface area contributed by atoms with E-state index in [4.69, 9.17) is 8.92 Å². The van der Waals surface area contributed by atoms with Crippen LogP contribution in [0.3, 0.4) is 0 Å². The van der Waals surface area contributed by atoms with Crippen LogP contribution in [0.5, 0.6) is 5.75 Å². The lowest BCUT2D eigenvalue weighted by atomic mass is 10.0. The van der Waals surface area contributed by atoms with Crippen LogP contribution in [0.25, 0.3) is 0 Å². The fourth-order valence-corrected chi connectivity index (χ4v) is 5.61. The van der Waals surface area contributed by atoms with Gasteiger partial charge in [-0.25, -0.2) is 0 Å². The van der Waals surface area contributed by atoms with Crippen LogP contribution in [0.15, 0.2) is 53.4 Å². The number of benzene rings is 2. The van der Waals surface area contributed by atoms with E-state index in [1.54, 1.807) is 31.4 Å². The SMILES string of the molecule is COc1ccc(C(COS(=O)(=O)c2ccc(C)cc2)C[Si](C)(C)C)cc1. The van der Waals surface area contributed by atoms with Crippen LogP contribution < -0.4 is 4.74 Å². The maximum atomic E-state index is 12.5. The van der Waals surface area contributed by atoms with Gasteiger partial charge in [0.2, 0.25) is 0 Å². The fourth-order valence-electron chi connectivity index (χ4n) is 2.83. The van der Waals surface area contributed by atoms with Gasteiger partial charge in [0.05, 0.1) is 18.6 Å². The van der Waals surface area contributed by atoms with Gasteiger partial charge in [-0.15, -0.1) is 0 Å². The Balaban J connectivity index is 2.19. The van der Waals surface area contributed by atoms with E-state index in [0.717, 1.165) is 22.9 Å². The van der Waals surface area contributed by atoms with Crippen molar-refractivity contribution in [2.24, 2.45) is 0 Å². The summed E-state index contributed by atoms with van der Waals surface area (Å²) in [4.78, 5) is 0.199. The summed E-state index contributed by atoms with van der Waals surface area (Å²) in [5.41, 5.74) is 2.09. The normalized spacial score (nSPS) is 13.4. The number of rotatable bonds is 8. The highest BCUT2D eigenvalue weighted by molar-refractivity contribution is 7.86. The Hall–Kier alpha value is -1.63. The van der Waals surface area contributed by atoms with Gasteiger partial charge in [-0.2, -0.15) is 8.42 Å². The molecule has 0 N–H and O–H groups in total. The third-order valence-corrected chi connectivity index (χ3v) is 7.19. The summed E-state index contributed by atoms with van der Waals surface area (Å²) in [7, 11) is -3.54. The molecular weight excluding hydrogens is 364 g/mol. The van der Waals surface area contributed by atoms with Crippen molar-refractivity contribution in [3.63, 3.8) is 0 Å². The Morgan fingerprint density at radius 3 is 2.04 bits per heavy atom. The van der Waals surface area contributed by atoms with Gasteiger partial charge in [-0.1, -0.05) is 49.5 Å². The third-order valence-electron chi connectivity index (χ3n) is 4.18. The molecule has 2 aromatic carbocycles. The highest BCUT2D eigenvalue weighted by atomic mass is 32.2. The quantitative estimate of drug-likeness (QED) is 0.477. The second kappa shape index (κ2) is 8.37. The van der Waals surface area contributed by atoms with Crippen molar-refractivity contribution in [3.8, 4) is 5.75 Å². The predicted molar refractivity (Wildman–Crippen MR) is 108 cm³/mol. The first-order valence-corrected chi connectivity index (χ1v) is 13.8. The maximum Gasteiger partial charge on any atom is 0.296 e. The van der Waals surface area contributed by atoms with Crippen LogP contribution in [0.1, 0.15) is 17.0 Å². The van der Waals surface area contributed by atoms with Crippen LogP contribution in [-0.2, 0) is 14.3 Å². The van der Waals surface area contributed by atoms with E-state index in [-0.39, 0.29) is 17.4 Å². The second-order valence-corrected chi connectivity index (χ2v) is 14.9. The molecule has 0 amide bonds. The molecule has 1 atom stereocenters. The Labute approximate surface area is 158 Å². The molecule has 0 fully saturated rings. The average Bonchev–Trinajstić information content (AvgIpc) is 2.58. The largest absolute Gasteiger partial charge is 0.497 e. The summed E-state index contributed by atoms with van der Waals surface area (Å²) in [5, 5.41) is 0. The topological polar surface area (TPSA) is 52.6 Å². The van der Waals surface area contributed by atoms with Crippen molar-refractivity contribution in [3.05, 3.63) is 59.7 Å². The van der Waals surface area contributed by atoms with Gasteiger partial charge in [0.25, 0.3) is 10.1 Å². The molecule has 142 valence electrons. The number of hydrogen-bond acceptors (Lipinski definition) is 4. The predicted octanol–water partition coefficient (Wildman–Crippen LogP) is 4.83. The van der Waals surface area contributed by atoms with Gasteiger partial charge in [-0.05, 0) is 42.8 Å². The summed E-state index contributed by atoms with van der Waals surface area (Å²) in [6, 6.07) is 15.5. The van der Waals surface area contributed by atoms with E-state index in [0.29, 0.717) is 0 Å². The molecule has 2 rings (SSSR count). The van der Waals surface area contributed by atoms with Crippen LogP contribution in [0, 0.1) is 6.92 Å². The van der Waals surface area contributed by atoms with Crippen LogP contribution in [-0.4, -0.2) is 30.2 Å². The molecule has 0 aliphatic carbocycles. The summed E-state index contributed by atoms with van der Waals surface area (Å²) < 4.78 is 35.7. The number of methoxy groups -OCH3 is 1. The van der Waals surface area contributed by atoms with Crippen molar-refractivity contribution in [1.82, 2.24) is 0 Å². The van der Waals surface area contributed by atoms with Gasteiger partial charge >= 0.3 is 0 Å².